The van der Waals surface area contributed by atoms with Gasteiger partial charge in [0.1, 0.15) is 4.83 Å². The van der Waals surface area contributed by atoms with Gasteiger partial charge in [-0.15, -0.1) is 11.3 Å². The van der Waals surface area contributed by atoms with Crippen molar-refractivity contribution in [2.75, 3.05) is 12.4 Å². The molecule has 1 N–H and O–H groups in total. The molecule has 4 rings (SSSR count). The third kappa shape index (κ3) is 3.02. The fourth-order valence-corrected chi connectivity index (χ4v) is 3.38. The van der Waals surface area contributed by atoms with Gasteiger partial charge in [0.2, 0.25) is 5.95 Å². The van der Waals surface area contributed by atoms with Crippen molar-refractivity contribution >= 4 is 39.2 Å². The normalized spacial score (nSPS) is 10.8. The molecule has 3 aromatic heterocycles. The first-order valence-corrected chi connectivity index (χ1v) is 8.71. The second kappa shape index (κ2) is 6.57. The number of anilines is 2. The summed E-state index contributed by atoms with van der Waals surface area (Å²) in [5, 5.41) is 10.4. The minimum Gasteiger partial charge on any atom is -0.465 e. The number of thiophene rings is 1. The van der Waals surface area contributed by atoms with Crippen LogP contribution in [0.1, 0.15) is 10.4 Å². The summed E-state index contributed by atoms with van der Waals surface area (Å²) in [4.78, 5) is 21.7. The van der Waals surface area contributed by atoms with E-state index in [1.807, 2.05) is 24.7 Å². The Balaban J connectivity index is 1.70. The summed E-state index contributed by atoms with van der Waals surface area (Å²) in [5.74, 6) is 0.122. The van der Waals surface area contributed by atoms with Crippen LogP contribution in [0.25, 0.3) is 21.5 Å². The number of hydrogen-bond donors (Lipinski definition) is 1. The molecule has 8 heteroatoms. The number of esters is 1. The van der Waals surface area contributed by atoms with Crippen molar-refractivity contribution in [3.8, 4) is 11.3 Å². The molecule has 0 spiro atoms. The highest BCUT2D eigenvalue weighted by Crippen LogP contribution is 2.30. The van der Waals surface area contributed by atoms with Crippen molar-refractivity contribution in [1.82, 2.24) is 19.7 Å². The molecule has 0 saturated carbocycles. The minimum atomic E-state index is -0.369. The van der Waals surface area contributed by atoms with Crippen LogP contribution < -0.4 is 5.32 Å². The van der Waals surface area contributed by atoms with E-state index in [1.54, 1.807) is 46.5 Å². The monoisotopic (exact) mass is 365 g/mol. The molecule has 0 unspecified atom stereocenters. The Labute approximate surface area is 153 Å². The highest BCUT2D eigenvalue weighted by atomic mass is 32.1. The van der Waals surface area contributed by atoms with Crippen molar-refractivity contribution in [2.45, 2.75) is 0 Å². The molecule has 0 aliphatic rings. The summed E-state index contributed by atoms with van der Waals surface area (Å²) in [6.07, 6.45) is 3.71. The third-order valence-corrected chi connectivity index (χ3v) is 4.67. The molecule has 0 aliphatic carbocycles. The first kappa shape index (κ1) is 16.2. The van der Waals surface area contributed by atoms with E-state index < -0.39 is 0 Å². The number of rotatable bonds is 4. The lowest BCUT2D eigenvalue weighted by atomic mass is 10.2. The van der Waals surface area contributed by atoms with Crippen LogP contribution in [0.15, 0.2) is 48.1 Å². The quantitative estimate of drug-likeness (QED) is 0.556. The highest BCUT2D eigenvalue weighted by molar-refractivity contribution is 7.16. The number of ether oxygens (including phenoxy) is 1. The van der Waals surface area contributed by atoms with Crippen LogP contribution in [0, 0.1) is 0 Å². The van der Waals surface area contributed by atoms with Gasteiger partial charge in [0.15, 0.2) is 0 Å². The summed E-state index contributed by atoms with van der Waals surface area (Å²) in [7, 11) is 3.23. The molecule has 0 fully saturated rings. The molecule has 0 aliphatic heterocycles. The highest BCUT2D eigenvalue weighted by Gasteiger charge is 2.13. The molecular formula is C18H15N5O2S. The molecule has 0 bridgehead atoms. The van der Waals surface area contributed by atoms with Gasteiger partial charge in [0, 0.05) is 29.9 Å². The molecule has 0 atom stereocenters. The zero-order valence-electron chi connectivity index (χ0n) is 14.1. The van der Waals surface area contributed by atoms with Crippen molar-refractivity contribution in [3.05, 3.63) is 53.7 Å². The molecule has 0 radical (unpaired) electrons. The molecule has 26 heavy (non-hydrogen) atoms. The fraction of sp³-hybridized carbons (Fsp3) is 0.111. The molecule has 7 nitrogen and oxygen atoms in total. The number of carbonyl (C=O) groups excluding carboxylic acids is 1. The largest absolute Gasteiger partial charge is 0.465 e. The van der Waals surface area contributed by atoms with Gasteiger partial charge in [0.25, 0.3) is 0 Å². The SMILES string of the molecule is COC(=O)c1ccc(Nc2nc(-c3cnn(C)c3)c3ccsc3n2)cc1. The van der Waals surface area contributed by atoms with Gasteiger partial charge in [-0.3, -0.25) is 4.68 Å². The maximum Gasteiger partial charge on any atom is 0.337 e. The van der Waals surface area contributed by atoms with Gasteiger partial charge in [-0.2, -0.15) is 5.10 Å². The fourth-order valence-electron chi connectivity index (χ4n) is 2.61. The molecular weight excluding hydrogens is 350 g/mol. The van der Waals surface area contributed by atoms with Gasteiger partial charge in [-0.05, 0) is 35.7 Å². The van der Waals surface area contributed by atoms with Crippen molar-refractivity contribution in [1.29, 1.82) is 0 Å². The van der Waals surface area contributed by atoms with E-state index in [9.17, 15) is 4.79 Å². The minimum absolute atomic E-state index is 0.369. The first-order valence-electron chi connectivity index (χ1n) is 7.84. The number of fused-ring (bicyclic) bond motifs is 1. The zero-order valence-corrected chi connectivity index (χ0v) is 14.9. The Bertz CT molecular complexity index is 1080. The molecule has 0 saturated heterocycles. The van der Waals surface area contributed by atoms with Crippen LogP contribution >= 0.6 is 11.3 Å². The Kier molecular flexibility index (Phi) is 4.10. The Hall–Kier alpha value is -3.26. The van der Waals surface area contributed by atoms with Crippen molar-refractivity contribution in [3.63, 3.8) is 0 Å². The number of nitrogens with one attached hydrogen (secondary N) is 1. The number of carbonyl (C=O) groups is 1. The number of aromatic nitrogens is 4. The van der Waals surface area contributed by atoms with Crippen LogP contribution in [0.4, 0.5) is 11.6 Å². The number of methoxy groups -OCH3 is 1. The number of aryl methyl sites for hydroxylation is 1. The lowest BCUT2D eigenvalue weighted by molar-refractivity contribution is 0.0601. The van der Waals surface area contributed by atoms with E-state index in [-0.39, 0.29) is 5.97 Å². The molecule has 4 aromatic rings. The third-order valence-electron chi connectivity index (χ3n) is 3.87. The van der Waals surface area contributed by atoms with Crippen LogP contribution in [0.3, 0.4) is 0 Å². The average Bonchev–Trinajstić information content (AvgIpc) is 3.30. The standard InChI is InChI=1S/C18H15N5O2S/c1-23-10-12(9-19-23)15-14-7-8-26-16(14)22-18(21-15)20-13-5-3-11(4-6-13)17(24)25-2/h3-10H,1-2H3,(H,20,21,22). The van der Waals surface area contributed by atoms with Crippen LogP contribution in [-0.4, -0.2) is 32.8 Å². The lowest BCUT2D eigenvalue weighted by Crippen LogP contribution is -2.02. The van der Waals surface area contributed by atoms with Crippen LogP contribution in [0.5, 0.6) is 0 Å². The summed E-state index contributed by atoms with van der Waals surface area (Å²) in [5.41, 5.74) is 3.04. The predicted molar refractivity (Wildman–Crippen MR) is 101 cm³/mol. The van der Waals surface area contributed by atoms with E-state index in [0.717, 1.165) is 27.2 Å². The van der Waals surface area contributed by atoms with Crippen LogP contribution in [0.2, 0.25) is 0 Å². The molecule has 0 amide bonds. The van der Waals surface area contributed by atoms with E-state index in [1.165, 1.54) is 7.11 Å². The molecule has 1 aromatic carbocycles. The van der Waals surface area contributed by atoms with E-state index in [0.29, 0.717) is 11.5 Å². The Morgan fingerprint density at radius 1 is 1.19 bits per heavy atom. The van der Waals surface area contributed by atoms with Crippen molar-refractivity contribution in [2.24, 2.45) is 7.05 Å². The zero-order chi connectivity index (χ0) is 18.1. The van der Waals surface area contributed by atoms with E-state index >= 15 is 0 Å². The predicted octanol–water partition coefficient (Wildman–Crippen LogP) is 3.62. The van der Waals surface area contributed by atoms with Gasteiger partial charge in [-0.25, -0.2) is 14.8 Å². The summed E-state index contributed by atoms with van der Waals surface area (Å²) < 4.78 is 6.45. The first-order chi connectivity index (χ1) is 12.6. The second-order valence-corrected chi connectivity index (χ2v) is 6.53. The average molecular weight is 365 g/mol. The van der Waals surface area contributed by atoms with Gasteiger partial charge in [0.05, 0.1) is 24.6 Å². The smallest absolute Gasteiger partial charge is 0.337 e. The number of hydrogen-bond acceptors (Lipinski definition) is 7. The summed E-state index contributed by atoms with van der Waals surface area (Å²) in [6, 6.07) is 8.98. The summed E-state index contributed by atoms with van der Waals surface area (Å²) >= 11 is 1.56. The topological polar surface area (TPSA) is 81.9 Å². The number of nitrogens with zero attached hydrogens (tertiary/aromatic N) is 4. The van der Waals surface area contributed by atoms with Gasteiger partial charge < -0.3 is 10.1 Å². The Morgan fingerprint density at radius 2 is 2.00 bits per heavy atom. The van der Waals surface area contributed by atoms with E-state index in [4.69, 9.17) is 4.74 Å². The maximum atomic E-state index is 11.5. The lowest BCUT2D eigenvalue weighted by Gasteiger charge is -2.08. The Morgan fingerprint density at radius 3 is 2.69 bits per heavy atom. The second-order valence-electron chi connectivity index (χ2n) is 5.63. The molecule has 130 valence electrons. The van der Waals surface area contributed by atoms with E-state index in [2.05, 4.69) is 20.4 Å². The van der Waals surface area contributed by atoms with Crippen LogP contribution in [-0.2, 0) is 11.8 Å². The molecule has 3 heterocycles. The van der Waals surface area contributed by atoms with Gasteiger partial charge >= 0.3 is 5.97 Å². The maximum absolute atomic E-state index is 11.5. The van der Waals surface area contributed by atoms with Gasteiger partial charge in [-0.1, -0.05) is 0 Å². The summed E-state index contributed by atoms with van der Waals surface area (Å²) in [6.45, 7) is 0. The number of benzene rings is 1. The van der Waals surface area contributed by atoms with Crippen molar-refractivity contribution < 1.29 is 9.53 Å².